The van der Waals surface area contributed by atoms with E-state index in [2.05, 4.69) is 10.4 Å². The van der Waals surface area contributed by atoms with Crippen molar-refractivity contribution in [1.82, 2.24) is 15.1 Å². The Balaban J connectivity index is 1.33. The fourth-order valence-electron chi connectivity index (χ4n) is 4.64. The SMILES string of the molecule is COc1cc(F)cc(CNC(=O)N2CCc3cc(-c4cn(C5CCCCO5)nc4N)c(F)cc32)c1. The van der Waals surface area contributed by atoms with Gasteiger partial charge in [-0.2, -0.15) is 5.10 Å². The third kappa shape index (κ3) is 4.66. The summed E-state index contributed by atoms with van der Waals surface area (Å²) in [5.74, 6) is -0.342. The number of fused-ring (bicyclic) bond motifs is 1. The molecule has 10 heteroatoms. The van der Waals surface area contributed by atoms with Crippen LogP contribution in [0.3, 0.4) is 0 Å². The number of rotatable bonds is 5. The summed E-state index contributed by atoms with van der Waals surface area (Å²) in [6.07, 6.45) is 4.98. The third-order valence-corrected chi connectivity index (χ3v) is 6.42. The summed E-state index contributed by atoms with van der Waals surface area (Å²) in [4.78, 5) is 14.3. The number of carbonyl (C=O) groups excluding carboxylic acids is 1. The molecule has 5 rings (SSSR count). The number of benzene rings is 2. The molecule has 2 amide bonds. The summed E-state index contributed by atoms with van der Waals surface area (Å²) >= 11 is 0. The number of hydrogen-bond acceptors (Lipinski definition) is 5. The summed E-state index contributed by atoms with van der Waals surface area (Å²) in [7, 11) is 1.45. The Hall–Kier alpha value is -3.66. The molecule has 0 aliphatic carbocycles. The van der Waals surface area contributed by atoms with E-state index in [1.807, 2.05) is 0 Å². The molecule has 0 radical (unpaired) electrons. The highest BCUT2D eigenvalue weighted by Gasteiger charge is 2.28. The van der Waals surface area contributed by atoms with Crippen LogP contribution in [0.15, 0.2) is 36.5 Å². The van der Waals surface area contributed by atoms with Crippen molar-refractivity contribution in [3.63, 3.8) is 0 Å². The molecule has 2 aromatic carbocycles. The van der Waals surface area contributed by atoms with E-state index in [-0.39, 0.29) is 24.6 Å². The lowest BCUT2D eigenvalue weighted by atomic mass is 10.0. The van der Waals surface area contributed by atoms with Gasteiger partial charge in [-0.15, -0.1) is 0 Å². The number of anilines is 2. The molecule has 184 valence electrons. The predicted octanol–water partition coefficient (Wildman–Crippen LogP) is 4.39. The van der Waals surface area contributed by atoms with E-state index >= 15 is 4.39 Å². The summed E-state index contributed by atoms with van der Waals surface area (Å²) in [6, 6.07) is 6.94. The van der Waals surface area contributed by atoms with Crippen LogP contribution in [0, 0.1) is 11.6 Å². The number of nitrogens with zero attached hydrogens (tertiary/aromatic N) is 3. The maximum atomic E-state index is 15.2. The van der Waals surface area contributed by atoms with Gasteiger partial charge in [0.25, 0.3) is 0 Å². The van der Waals surface area contributed by atoms with E-state index in [1.165, 1.54) is 30.2 Å². The first kappa shape index (κ1) is 23.1. The molecule has 1 aromatic heterocycles. The first-order valence-corrected chi connectivity index (χ1v) is 11.6. The topological polar surface area (TPSA) is 94.6 Å². The van der Waals surface area contributed by atoms with Crippen molar-refractivity contribution in [2.45, 2.75) is 38.5 Å². The summed E-state index contributed by atoms with van der Waals surface area (Å²) in [6.45, 7) is 1.18. The van der Waals surface area contributed by atoms with Crippen molar-refractivity contribution in [3.8, 4) is 16.9 Å². The first-order valence-electron chi connectivity index (χ1n) is 11.6. The van der Waals surface area contributed by atoms with Crippen LogP contribution in [0.5, 0.6) is 5.75 Å². The van der Waals surface area contributed by atoms with E-state index in [1.54, 1.807) is 23.0 Å². The van der Waals surface area contributed by atoms with Crippen LogP contribution in [-0.4, -0.2) is 36.1 Å². The molecule has 2 aliphatic rings. The van der Waals surface area contributed by atoms with E-state index in [4.69, 9.17) is 15.2 Å². The lowest BCUT2D eigenvalue weighted by Gasteiger charge is -2.22. The minimum atomic E-state index is -0.492. The molecule has 1 atom stereocenters. The maximum absolute atomic E-state index is 15.2. The van der Waals surface area contributed by atoms with Gasteiger partial charge in [-0.3, -0.25) is 4.90 Å². The first-order chi connectivity index (χ1) is 16.9. The number of aromatic nitrogens is 2. The Kier molecular flexibility index (Phi) is 6.29. The molecule has 3 N–H and O–H groups in total. The highest BCUT2D eigenvalue weighted by Crippen LogP contribution is 2.37. The third-order valence-electron chi connectivity index (χ3n) is 6.42. The van der Waals surface area contributed by atoms with Crippen molar-refractivity contribution >= 4 is 17.5 Å². The van der Waals surface area contributed by atoms with E-state index in [0.29, 0.717) is 47.7 Å². The van der Waals surface area contributed by atoms with Gasteiger partial charge >= 0.3 is 6.03 Å². The van der Waals surface area contributed by atoms with Crippen molar-refractivity contribution in [3.05, 3.63) is 59.3 Å². The van der Waals surface area contributed by atoms with Gasteiger partial charge in [-0.1, -0.05) is 0 Å². The zero-order valence-electron chi connectivity index (χ0n) is 19.4. The molecule has 1 unspecified atom stereocenters. The van der Waals surface area contributed by atoms with Crippen molar-refractivity contribution in [2.24, 2.45) is 0 Å². The lowest BCUT2D eigenvalue weighted by Crippen LogP contribution is -2.38. The fourth-order valence-corrected chi connectivity index (χ4v) is 4.64. The van der Waals surface area contributed by atoms with Gasteiger partial charge < -0.3 is 20.5 Å². The number of hydrogen-bond donors (Lipinski definition) is 2. The Morgan fingerprint density at radius 2 is 2.09 bits per heavy atom. The Labute approximate surface area is 201 Å². The van der Waals surface area contributed by atoms with Crippen LogP contribution in [0.4, 0.5) is 25.1 Å². The van der Waals surface area contributed by atoms with Gasteiger partial charge in [-0.25, -0.2) is 18.3 Å². The summed E-state index contributed by atoms with van der Waals surface area (Å²) < 4.78 is 41.5. The van der Waals surface area contributed by atoms with Crippen LogP contribution in [0.2, 0.25) is 0 Å². The summed E-state index contributed by atoms with van der Waals surface area (Å²) in [5.41, 5.74) is 8.88. The molecule has 8 nitrogen and oxygen atoms in total. The van der Waals surface area contributed by atoms with E-state index in [0.717, 1.165) is 24.8 Å². The standard InChI is InChI=1S/C25H27F2N5O3/c1-34-18-9-15(8-17(26)11-18)13-29-25(33)31-6-5-16-10-19(21(27)12-22(16)31)20-14-32(30-24(20)28)23-4-2-3-7-35-23/h8-12,14,23H,2-7,13H2,1H3,(H2,28,30)(H,29,33). The van der Waals surface area contributed by atoms with Gasteiger partial charge in [0.1, 0.15) is 23.6 Å². The molecule has 1 fully saturated rings. The second-order valence-electron chi connectivity index (χ2n) is 8.75. The molecule has 0 bridgehead atoms. The zero-order chi connectivity index (χ0) is 24.5. The van der Waals surface area contributed by atoms with E-state index < -0.39 is 11.6 Å². The van der Waals surface area contributed by atoms with Gasteiger partial charge in [0.15, 0.2) is 5.82 Å². The number of nitrogen functional groups attached to an aromatic ring is 1. The number of amides is 2. The monoisotopic (exact) mass is 483 g/mol. The lowest BCUT2D eigenvalue weighted by molar-refractivity contribution is -0.0392. The predicted molar refractivity (Wildman–Crippen MR) is 127 cm³/mol. The molecule has 2 aliphatic heterocycles. The largest absolute Gasteiger partial charge is 0.497 e. The number of halogens is 2. The molecular weight excluding hydrogens is 456 g/mol. The second-order valence-corrected chi connectivity index (χ2v) is 8.75. The normalized spacial score (nSPS) is 17.3. The summed E-state index contributed by atoms with van der Waals surface area (Å²) in [5, 5.41) is 7.12. The molecule has 35 heavy (non-hydrogen) atoms. The van der Waals surface area contributed by atoms with Crippen LogP contribution in [-0.2, 0) is 17.7 Å². The highest BCUT2D eigenvalue weighted by molar-refractivity contribution is 5.95. The zero-order valence-corrected chi connectivity index (χ0v) is 19.4. The quantitative estimate of drug-likeness (QED) is 0.561. The molecule has 3 aromatic rings. The van der Waals surface area contributed by atoms with E-state index in [9.17, 15) is 9.18 Å². The van der Waals surface area contributed by atoms with Crippen LogP contribution >= 0.6 is 0 Å². The number of nitrogens with two attached hydrogens (primary N) is 1. The fraction of sp³-hybridized carbons (Fsp3) is 0.360. The van der Waals surface area contributed by atoms with Crippen molar-refractivity contribution in [2.75, 3.05) is 30.9 Å². The Morgan fingerprint density at radius 3 is 2.86 bits per heavy atom. The highest BCUT2D eigenvalue weighted by atomic mass is 19.1. The molecule has 0 saturated carbocycles. The van der Waals surface area contributed by atoms with Gasteiger partial charge in [0, 0.05) is 43.1 Å². The molecule has 1 saturated heterocycles. The second kappa shape index (κ2) is 9.53. The number of nitrogens with one attached hydrogen (secondary N) is 1. The van der Waals surface area contributed by atoms with Crippen molar-refractivity contribution in [1.29, 1.82) is 0 Å². The number of ether oxygens (including phenoxy) is 2. The average Bonchev–Trinajstić information content (AvgIpc) is 3.45. The van der Waals surface area contributed by atoms with Gasteiger partial charge in [-0.05, 0) is 61.1 Å². The van der Waals surface area contributed by atoms with Crippen LogP contribution < -0.4 is 20.7 Å². The van der Waals surface area contributed by atoms with Crippen LogP contribution in [0.1, 0.15) is 36.6 Å². The molecule has 0 spiro atoms. The van der Waals surface area contributed by atoms with Crippen molar-refractivity contribution < 1.29 is 23.0 Å². The number of carbonyl (C=O) groups is 1. The molecular formula is C25H27F2N5O3. The number of urea groups is 1. The Bertz CT molecular complexity index is 1260. The Morgan fingerprint density at radius 1 is 1.23 bits per heavy atom. The average molecular weight is 484 g/mol. The van der Waals surface area contributed by atoms with Gasteiger partial charge in [0.05, 0.1) is 12.8 Å². The minimum Gasteiger partial charge on any atom is -0.497 e. The van der Waals surface area contributed by atoms with Crippen LogP contribution in [0.25, 0.3) is 11.1 Å². The maximum Gasteiger partial charge on any atom is 0.322 e. The van der Waals surface area contributed by atoms with Gasteiger partial charge in [0.2, 0.25) is 0 Å². The number of methoxy groups -OCH3 is 1. The molecule has 3 heterocycles. The minimum absolute atomic E-state index is 0.109. The smallest absolute Gasteiger partial charge is 0.322 e.